The van der Waals surface area contributed by atoms with Gasteiger partial charge in [0.2, 0.25) is 5.89 Å². The molecule has 0 aliphatic rings. The largest absolute Gasteiger partial charge is 0.494 e. The van der Waals surface area contributed by atoms with E-state index in [4.69, 9.17) is 13.6 Å². The van der Waals surface area contributed by atoms with E-state index in [0.717, 1.165) is 35.6 Å². The van der Waals surface area contributed by atoms with Crippen molar-refractivity contribution < 1.29 is 18.4 Å². The van der Waals surface area contributed by atoms with E-state index in [1.807, 2.05) is 49.5 Å². The Hall–Kier alpha value is -4.04. The summed E-state index contributed by atoms with van der Waals surface area (Å²) >= 11 is 1.53. The average molecular weight is 514 g/mol. The summed E-state index contributed by atoms with van der Waals surface area (Å²) < 4.78 is 17.0. The minimum Gasteiger partial charge on any atom is -0.494 e. The van der Waals surface area contributed by atoms with Gasteiger partial charge in [-0.05, 0) is 79.9 Å². The predicted octanol–water partition coefficient (Wildman–Crippen LogP) is 6.69. The summed E-state index contributed by atoms with van der Waals surface area (Å²) in [4.78, 5) is 15.6. The molecule has 0 saturated heterocycles. The minimum atomic E-state index is -0.0858. The normalized spacial score (nSPS) is 11.5. The fourth-order valence-electron chi connectivity index (χ4n) is 3.90. The molecule has 1 N–H and O–H groups in total. The molecule has 0 spiro atoms. The van der Waals surface area contributed by atoms with Crippen molar-refractivity contribution >= 4 is 34.5 Å². The van der Waals surface area contributed by atoms with Crippen molar-refractivity contribution in [1.82, 2.24) is 15.2 Å². The van der Waals surface area contributed by atoms with Crippen LogP contribution in [0.25, 0.3) is 17.0 Å². The second-order valence-electron chi connectivity index (χ2n) is 8.54. The molecule has 3 aromatic heterocycles. The summed E-state index contributed by atoms with van der Waals surface area (Å²) in [6, 6.07) is 19.1. The van der Waals surface area contributed by atoms with E-state index in [1.165, 1.54) is 28.8 Å². The third-order valence-corrected chi connectivity index (χ3v) is 6.72. The van der Waals surface area contributed by atoms with Crippen LogP contribution in [0.1, 0.15) is 39.8 Å². The van der Waals surface area contributed by atoms with Gasteiger partial charge in [-0.2, -0.15) is 0 Å². The number of carbonyl (C=O) groups excluding carboxylic acids is 1. The first-order chi connectivity index (χ1) is 18.1. The zero-order valence-corrected chi connectivity index (χ0v) is 21.3. The fourth-order valence-corrected chi connectivity index (χ4v) is 4.59. The molecule has 188 valence electrons. The number of aryl methyl sites for hydroxylation is 3. The standard InChI is InChI=1S/C29H27N3O4S/c1-20-7-11-24(35-20)14-15-27(33)21-8-12-23(13-9-21)34-17-4-18-37-29-32-31-28(36-29)16-10-22-19-30-26-6-3-2-5-25(22)26/h2-3,5-9,11-15,19,30H,4,10,16-18H2,1H3/b15-14+. The Morgan fingerprint density at radius 2 is 1.89 bits per heavy atom. The molecule has 7 nitrogen and oxygen atoms in total. The highest BCUT2D eigenvalue weighted by Crippen LogP contribution is 2.22. The maximum Gasteiger partial charge on any atom is 0.276 e. The number of benzene rings is 2. The van der Waals surface area contributed by atoms with Crippen molar-refractivity contribution in [3.05, 3.63) is 101 Å². The third-order valence-electron chi connectivity index (χ3n) is 5.81. The van der Waals surface area contributed by atoms with E-state index in [9.17, 15) is 4.79 Å². The number of allylic oxidation sites excluding steroid dienone is 1. The molecule has 0 fully saturated rings. The number of fused-ring (bicyclic) bond motifs is 1. The molecule has 0 aliphatic heterocycles. The second-order valence-corrected chi connectivity index (χ2v) is 9.59. The maximum absolute atomic E-state index is 12.3. The summed E-state index contributed by atoms with van der Waals surface area (Å²) in [7, 11) is 0. The van der Waals surface area contributed by atoms with E-state index < -0.39 is 0 Å². The Balaban J connectivity index is 1.01. The predicted molar refractivity (Wildman–Crippen MR) is 144 cm³/mol. The number of furan rings is 1. The lowest BCUT2D eigenvalue weighted by Crippen LogP contribution is -2.00. The molecule has 0 aliphatic carbocycles. The molecule has 8 heteroatoms. The monoisotopic (exact) mass is 513 g/mol. The van der Waals surface area contributed by atoms with Crippen LogP contribution in [-0.4, -0.2) is 33.3 Å². The van der Waals surface area contributed by atoms with E-state index in [1.54, 1.807) is 18.2 Å². The van der Waals surface area contributed by atoms with Gasteiger partial charge in [0.25, 0.3) is 5.22 Å². The van der Waals surface area contributed by atoms with Gasteiger partial charge in [0.15, 0.2) is 5.78 Å². The molecule has 37 heavy (non-hydrogen) atoms. The quantitative estimate of drug-likeness (QED) is 0.0859. The van der Waals surface area contributed by atoms with Crippen molar-refractivity contribution in [2.24, 2.45) is 0 Å². The third kappa shape index (κ3) is 6.59. The minimum absolute atomic E-state index is 0.0858. The molecule has 0 atom stereocenters. The van der Waals surface area contributed by atoms with Crippen LogP contribution in [0.15, 0.2) is 87.0 Å². The molecule has 5 aromatic rings. The highest BCUT2D eigenvalue weighted by molar-refractivity contribution is 7.99. The number of H-pyrrole nitrogens is 1. The van der Waals surface area contributed by atoms with Crippen LogP contribution in [0.5, 0.6) is 5.75 Å². The van der Waals surface area contributed by atoms with Crippen LogP contribution in [0.3, 0.4) is 0 Å². The van der Waals surface area contributed by atoms with Gasteiger partial charge in [0, 0.05) is 34.8 Å². The first-order valence-corrected chi connectivity index (χ1v) is 13.1. The SMILES string of the molecule is Cc1ccc(/C=C/C(=O)c2ccc(OCCCSc3nnc(CCc4c[nH]c5ccccc45)o3)cc2)o1. The molecular weight excluding hydrogens is 486 g/mol. The number of rotatable bonds is 12. The first kappa shape index (κ1) is 24.6. The first-order valence-electron chi connectivity index (χ1n) is 12.2. The van der Waals surface area contributed by atoms with Gasteiger partial charge < -0.3 is 18.6 Å². The molecule has 0 unspecified atom stereocenters. The number of carbonyl (C=O) groups is 1. The summed E-state index contributed by atoms with van der Waals surface area (Å²) in [5, 5.41) is 10.1. The topological polar surface area (TPSA) is 94.2 Å². The van der Waals surface area contributed by atoms with Gasteiger partial charge in [0.05, 0.1) is 6.61 Å². The summed E-state index contributed by atoms with van der Waals surface area (Å²) in [5.74, 6) is 3.56. The molecular formula is C29H27N3O4S. The van der Waals surface area contributed by atoms with Crippen LogP contribution in [0, 0.1) is 6.92 Å². The molecule has 2 aromatic carbocycles. The number of ether oxygens (including phenoxy) is 1. The van der Waals surface area contributed by atoms with Crippen molar-refractivity contribution in [3.8, 4) is 5.75 Å². The van der Waals surface area contributed by atoms with Crippen LogP contribution in [0.4, 0.5) is 0 Å². The van der Waals surface area contributed by atoms with Crippen LogP contribution < -0.4 is 4.74 Å². The van der Waals surface area contributed by atoms with Crippen LogP contribution >= 0.6 is 11.8 Å². The Kier molecular flexibility index (Phi) is 7.86. The summed E-state index contributed by atoms with van der Waals surface area (Å²) in [5.41, 5.74) is 2.98. The molecule has 0 bridgehead atoms. The number of para-hydroxylation sites is 1. The van der Waals surface area contributed by atoms with Crippen LogP contribution in [-0.2, 0) is 12.8 Å². The number of thioether (sulfide) groups is 1. The average Bonchev–Trinajstić information content (AvgIpc) is 3.66. The lowest BCUT2D eigenvalue weighted by atomic mass is 10.1. The second kappa shape index (κ2) is 11.8. The maximum atomic E-state index is 12.3. The molecule has 0 amide bonds. The van der Waals surface area contributed by atoms with E-state index in [-0.39, 0.29) is 5.78 Å². The van der Waals surface area contributed by atoms with E-state index in [0.29, 0.717) is 35.5 Å². The van der Waals surface area contributed by atoms with Crippen LogP contribution in [0.2, 0.25) is 0 Å². The van der Waals surface area contributed by atoms with Gasteiger partial charge in [-0.25, -0.2) is 0 Å². The Labute approximate surface area is 218 Å². The Morgan fingerprint density at radius 1 is 1.03 bits per heavy atom. The van der Waals surface area contributed by atoms with Gasteiger partial charge in [0.1, 0.15) is 17.3 Å². The summed E-state index contributed by atoms with van der Waals surface area (Å²) in [6.45, 7) is 2.42. The fraction of sp³-hybridized carbons (Fsp3) is 0.207. The number of nitrogens with one attached hydrogen (secondary N) is 1. The lowest BCUT2D eigenvalue weighted by Gasteiger charge is -2.06. The van der Waals surface area contributed by atoms with E-state index >= 15 is 0 Å². The number of aromatic nitrogens is 3. The number of hydrogen-bond acceptors (Lipinski definition) is 7. The summed E-state index contributed by atoms with van der Waals surface area (Å²) in [6.07, 6.45) is 7.60. The molecule has 3 heterocycles. The smallest absolute Gasteiger partial charge is 0.276 e. The van der Waals surface area contributed by atoms with Crippen molar-refractivity contribution in [2.75, 3.05) is 12.4 Å². The highest BCUT2D eigenvalue weighted by atomic mass is 32.2. The van der Waals surface area contributed by atoms with Gasteiger partial charge in [-0.3, -0.25) is 4.79 Å². The highest BCUT2D eigenvalue weighted by Gasteiger charge is 2.09. The zero-order chi connectivity index (χ0) is 25.5. The lowest BCUT2D eigenvalue weighted by molar-refractivity contribution is 0.104. The Morgan fingerprint density at radius 3 is 2.73 bits per heavy atom. The number of hydrogen-bond donors (Lipinski definition) is 1. The number of ketones is 1. The molecule has 0 radical (unpaired) electrons. The van der Waals surface area contributed by atoms with Gasteiger partial charge in [-0.15, -0.1) is 10.2 Å². The Bertz CT molecular complexity index is 1500. The van der Waals surface area contributed by atoms with Gasteiger partial charge >= 0.3 is 0 Å². The van der Waals surface area contributed by atoms with Crippen molar-refractivity contribution in [1.29, 1.82) is 0 Å². The molecule has 5 rings (SSSR count). The van der Waals surface area contributed by atoms with E-state index in [2.05, 4.69) is 27.3 Å². The van der Waals surface area contributed by atoms with Crippen molar-refractivity contribution in [3.63, 3.8) is 0 Å². The number of aromatic amines is 1. The van der Waals surface area contributed by atoms with Gasteiger partial charge in [-0.1, -0.05) is 30.0 Å². The molecule has 0 saturated carbocycles. The van der Waals surface area contributed by atoms with Crippen molar-refractivity contribution in [2.45, 2.75) is 31.4 Å². The zero-order valence-electron chi connectivity index (χ0n) is 20.5. The number of nitrogens with zero attached hydrogens (tertiary/aromatic N) is 2.